The van der Waals surface area contributed by atoms with Gasteiger partial charge >= 0.3 is 0 Å². The van der Waals surface area contributed by atoms with Gasteiger partial charge in [-0.05, 0) is 61.1 Å². The lowest BCUT2D eigenvalue weighted by Crippen LogP contribution is -2.04. The molecule has 1 heterocycles. The minimum absolute atomic E-state index is 0.621. The van der Waals surface area contributed by atoms with Crippen LogP contribution >= 0.6 is 0 Å². The lowest BCUT2D eigenvalue weighted by atomic mass is 10.00. The summed E-state index contributed by atoms with van der Waals surface area (Å²) in [6, 6.07) is 53.4. The van der Waals surface area contributed by atoms with Gasteiger partial charge in [-0.3, -0.25) is 0 Å². The zero-order valence-electron chi connectivity index (χ0n) is 23.5. The molecule has 7 aromatic carbocycles. The van der Waals surface area contributed by atoms with Gasteiger partial charge in [0.2, 0.25) is 0 Å². The van der Waals surface area contributed by atoms with Crippen molar-refractivity contribution in [3.05, 3.63) is 163 Å². The van der Waals surface area contributed by atoms with Crippen molar-refractivity contribution in [1.29, 1.82) is 0 Å². The highest BCUT2D eigenvalue weighted by Crippen LogP contribution is 2.29. The summed E-state index contributed by atoms with van der Waals surface area (Å²) in [5, 5.41) is 7.28. The van der Waals surface area contributed by atoms with Crippen molar-refractivity contribution >= 4 is 32.3 Å². The smallest absolute Gasteiger partial charge is 0.163 e. The molecule has 0 aliphatic carbocycles. The van der Waals surface area contributed by atoms with Gasteiger partial charge < -0.3 is 0 Å². The zero-order chi connectivity index (χ0) is 28.6. The molecule has 0 saturated carbocycles. The molecular weight excluding hydrogens is 522 g/mol. The van der Waals surface area contributed by atoms with Crippen LogP contribution in [0.2, 0.25) is 0 Å². The second-order valence-electron chi connectivity index (χ2n) is 11.0. The summed E-state index contributed by atoms with van der Waals surface area (Å²) in [5.41, 5.74) is 5.47. The van der Waals surface area contributed by atoms with E-state index in [1.165, 1.54) is 38.1 Å². The van der Waals surface area contributed by atoms with Gasteiger partial charge in [0.25, 0.3) is 0 Å². The summed E-state index contributed by atoms with van der Waals surface area (Å²) in [7, 11) is 0. The van der Waals surface area contributed by atoms with E-state index in [1.54, 1.807) is 0 Å². The highest BCUT2D eigenvalue weighted by Gasteiger charge is 2.13. The summed E-state index contributed by atoms with van der Waals surface area (Å²) in [4.78, 5) is 15.0. The van der Waals surface area contributed by atoms with Crippen LogP contribution < -0.4 is 0 Å². The van der Waals surface area contributed by atoms with Gasteiger partial charge in [0.05, 0.1) is 0 Å². The molecule has 8 rings (SSSR count). The van der Waals surface area contributed by atoms with Crippen molar-refractivity contribution < 1.29 is 0 Å². The molecule has 1 aromatic heterocycles. The third kappa shape index (κ3) is 5.02. The van der Waals surface area contributed by atoms with Crippen LogP contribution in [0.5, 0.6) is 0 Å². The third-order valence-corrected chi connectivity index (χ3v) is 8.09. The molecule has 0 spiro atoms. The molecule has 0 aliphatic rings. The molecule has 0 N–H and O–H groups in total. The van der Waals surface area contributed by atoms with Gasteiger partial charge in [0.1, 0.15) is 5.82 Å². The molecular formula is C40H27N3. The Kier molecular flexibility index (Phi) is 6.20. The topological polar surface area (TPSA) is 38.7 Å². The van der Waals surface area contributed by atoms with E-state index >= 15 is 0 Å². The maximum Gasteiger partial charge on any atom is 0.163 e. The normalized spacial score (nSPS) is 11.3. The molecule has 0 fully saturated rings. The fourth-order valence-electron chi connectivity index (χ4n) is 5.80. The molecule has 0 bridgehead atoms. The summed E-state index contributed by atoms with van der Waals surface area (Å²) in [6.45, 7) is 0. The molecule has 43 heavy (non-hydrogen) atoms. The molecule has 0 saturated heterocycles. The van der Waals surface area contributed by atoms with Crippen molar-refractivity contribution in [3.63, 3.8) is 0 Å². The Morgan fingerprint density at radius 3 is 1.40 bits per heavy atom. The first-order valence-corrected chi connectivity index (χ1v) is 14.6. The average molecular weight is 550 g/mol. The molecule has 0 unspecified atom stereocenters. The Hall–Kier alpha value is -5.67. The van der Waals surface area contributed by atoms with Crippen molar-refractivity contribution in [2.75, 3.05) is 0 Å². The Balaban J connectivity index is 1.20. The first-order valence-electron chi connectivity index (χ1n) is 14.6. The molecule has 0 amide bonds. The van der Waals surface area contributed by atoms with E-state index in [9.17, 15) is 0 Å². The summed E-state index contributed by atoms with van der Waals surface area (Å²) in [6.07, 6.45) is 0.621. The lowest BCUT2D eigenvalue weighted by molar-refractivity contribution is 0.934. The van der Waals surface area contributed by atoms with E-state index in [4.69, 9.17) is 15.0 Å². The molecule has 0 aliphatic heterocycles. The van der Waals surface area contributed by atoms with Gasteiger partial charge in [0.15, 0.2) is 11.6 Å². The Labute approximate surface area is 250 Å². The number of hydrogen-bond acceptors (Lipinski definition) is 3. The third-order valence-electron chi connectivity index (χ3n) is 8.09. The van der Waals surface area contributed by atoms with Crippen LogP contribution in [0, 0.1) is 0 Å². The Morgan fingerprint density at radius 2 is 0.767 bits per heavy atom. The van der Waals surface area contributed by atoms with Gasteiger partial charge in [-0.2, -0.15) is 0 Å². The summed E-state index contributed by atoms with van der Waals surface area (Å²) < 4.78 is 0. The second-order valence-corrected chi connectivity index (χ2v) is 11.0. The molecule has 202 valence electrons. The van der Waals surface area contributed by atoms with Crippen LogP contribution in [-0.4, -0.2) is 15.0 Å². The molecule has 0 radical (unpaired) electrons. The quantitative estimate of drug-likeness (QED) is 0.214. The van der Waals surface area contributed by atoms with Gasteiger partial charge in [-0.15, -0.1) is 0 Å². The first kappa shape index (κ1) is 25.1. The van der Waals surface area contributed by atoms with E-state index in [2.05, 4.69) is 152 Å². The van der Waals surface area contributed by atoms with Crippen molar-refractivity contribution in [3.8, 4) is 33.9 Å². The first-order chi connectivity index (χ1) is 21.2. The fraction of sp³-hybridized carbons (Fsp3) is 0.0250. The number of rotatable bonds is 5. The minimum atomic E-state index is 0.621. The number of benzene rings is 7. The van der Waals surface area contributed by atoms with Crippen LogP contribution in [0.3, 0.4) is 0 Å². The van der Waals surface area contributed by atoms with Crippen molar-refractivity contribution in [2.24, 2.45) is 0 Å². The second kappa shape index (κ2) is 10.6. The van der Waals surface area contributed by atoms with E-state index in [-0.39, 0.29) is 0 Å². The van der Waals surface area contributed by atoms with Gasteiger partial charge in [-0.25, -0.2) is 15.0 Å². The molecule has 0 atom stereocenters. The zero-order valence-corrected chi connectivity index (χ0v) is 23.5. The van der Waals surface area contributed by atoms with Crippen LogP contribution in [0.15, 0.2) is 152 Å². The van der Waals surface area contributed by atoms with E-state index in [0.29, 0.717) is 18.1 Å². The minimum Gasteiger partial charge on any atom is -0.213 e. The fourth-order valence-corrected chi connectivity index (χ4v) is 5.80. The van der Waals surface area contributed by atoms with Crippen LogP contribution in [0.25, 0.3) is 66.2 Å². The maximum absolute atomic E-state index is 4.99. The summed E-state index contributed by atoms with van der Waals surface area (Å²) in [5.74, 6) is 2.12. The number of nitrogens with zero attached hydrogens (tertiary/aromatic N) is 3. The monoisotopic (exact) mass is 549 g/mol. The van der Waals surface area contributed by atoms with Crippen molar-refractivity contribution in [2.45, 2.75) is 6.42 Å². The predicted octanol–water partition coefficient (Wildman–Crippen LogP) is 9.92. The number of aromatic nitrogens is 3. The summed E-state index contributed by atoms with van der Waals surface area (Å²) >= 11 is 0. The van der Waals surface area contributed by atoms with E-state index in [0.717, 1.165) is 27.9 Å². The largest absolute Gasteiger partial charge is 0.213 e. The lowest BCUT2D eigenvalue weighted by Gasteiger charge is -2.10. The number of hydrogen-bond donors (Lipinski definition) is 0. The van der Waals surface area contributed by atoms with Crippen molar-refractivity contribution in [1.82, 2.24) is 15.0 Å². The maximum atomic E-state index is 4.99. The molecule has 8 aromatic rings. The van der Waals surface area contributed by atoms with E-state index in [1.807, 2.05) is 0 Å². The molecule has 3 heteroatoms. The Morgan fingerprint density at radius 1 is 0.326 bits per heavy atom. The SMILES string of the molecule is c1ccc2cc(Cc3nc(-c4ccc(-c5ccc6ccccc6c5)cc4)nc(-c4ccc5ccccc5c4)n3)ccc2c1. The number of fused-ring (bicyclic) bond motifs is 3. The van der Waals surface area contributed by atoms with Gasteiger partial charge in [0, 0.05) is 17.5 Å². The average Bonchev–Trinajstić information content (AvgIpc) is 3.08. The van der Waals surface area contributed by atoms with Crippen LogP contribution in [0.4, 0.5) is 0 Å². The standard InChI is InChI=1S/C40H27N3/c1-4-10-33-23-27(13-14-28(33)7-1)24-38-41-39(43-40(42-38)37-22-18-30-9-3-6-12-35(30)26-37)32-19-15-31(16-20-32)36-21-17-29-8-2-5-11-34(29)25-36/h1-23,25-26H,24H2. The van der Waals surface area contributed by atoms with Crippen LogP contribution in [0.1, 0.15) is 11.4 Å². The van der Waals surface area contributed by atoms with Gasteiger partial charge in [-0.1, -0.05) is 140 Å². The highest BCUT2D eigenvalue weighted by atomic mass is 15.0. The van der Waals surface area contributed by atoms with E-state index < -0.39 is 0 Å². The van der Waals surface area contributed by atoms with Crippen LogP contribution in [-0.2, 0) is 6.42 Å². The molecule has 3 nitrogen and oxygen atoms in total. The predicted molar refractivity (Wildman–Crippen MR) is 178 cm³/mol. The Bertz CT molecular complexity index is 2270. The highest BCUT2D eigenvalue weighted by molar-refractivity contribution is 5.88.